The lowest BCUT2D eigenvalue weighted by molar-refractivity contribution is -0.141. The fourth-order valence-corrected chi connectivity index (χ4v) is 4.12. The minimum atomic E-state index is -0.528. The van der Waals surface area contributed by atoms with Gasteiger partial charge in [0.25, 0.3) is 5.56 Å². The Bertz CT molecular complexity index is 1460. The summed E-state index contributed by atoms with van der Waals surface area (Å²) in [5, 5.41) is 0.464. The van der Waals surface area contributed by atoms with Gasteiger partial charge in [-0.15, -0.1) is 0 Å². The van der Waals surface area contributed by atoms with E-state index in [0.717, 1.165) is 21.9 Å². The van der Waals surface area contributed by atoms with Crippen LogP contribution in [0.1, 0.15) is 5.56 Å². The summed E-state index contributed by atoms with van der Waals surface area (Å²) in [7, 11) is 4.50. The van der Waals surface area contributed by atoms with Crippen molar-refractivity contribution in [3.63, 3.8) is 0 Å². The van der Waals surface area contributed by atoms with Gasteiger partial charge >= 0.3 is 11.7 Å². The minimum Gasteiger partial charge on any atom is -0.497 e. The molecule has 0 aliphatic heterocycles. The van der Waals surface area contributed by atoms with E-state index in [-0.39, 0.29) is 23.4 Å². The summed E-state index contributed by atoms with van der Waals surface area (Å²) in [6.45, 7) is 0.151. The average Bonchev–Trinajstić information content (AvgIpc) is 2.88. The molecule has 2 aromatic carbocycles. The fraction of sp³-hybridized carbons (Fsp3) is 0.208. The molecule has 2 aromatic heterocycles. The first-order chi connectivity index (χ1) is 16.4. The Morgan fingerprint density at radius 3 is 2.35 bits per heavy atom. The number of hydrogen-bond donors (Lipinski definition) is 0. The van der Waals surface area contributed by atoms with Crippen molar-refractivity contribution >= 4 is 28.8 Å². The number of rotatable bonds is 7. The van der Waals surface area contributed by atoms with Crippen molar-refractivity contribution in [3.8, 4) is 17.1 Å². The normalized spacial score (nSPS) is 10.9. The van der Waals surface area contributed by atoms with Gasteiger partial charge in [0.05, 0.1) is 12.9 Å². The van der Waals surface area contributed by atoms with Crippen LogP contribution in [0.5, 0.6) is 5.75 Å². The third kappa shape index (κ3) is 4.72. The molecular formula is C24H22N4O5S. The van der Waals surface area contributed by atoms with E-state index in [0.29, 0.717) is 22.2 Å². The van der Waals surface area contributed by atoms with Crippen molar-refractivity contribution in [3.05, 3.63) is 81.0 Å². The molecule has 10 heteroatoms. The topological polar surface area (TPSA) is 105 Å². The summed E-state index contributed by atoms with van der Waals surface area (Å²) in [6.07, 6.45) is 0. The highest BCUT2D eigenvalue weighted by Gasteiger charge is 2.19. The average molecular weight is 479 g/mol. The van der Waals surface area contributed by atoms with Gasteiger partial charge in [0.1, 0.15) is 22.8 Å². The van der Waals surface area contributed by atoms with Gasteiger partial charge < -0.3 is 9.47 Å². The van der Waals surface area contributed by atoms with Gasteiger partial charge in [-0.25, -0.2) is 14.8 Å². The number of esters is 1. The molecule has 0 aliphatic rings. The monoisotopic (exact) mass is 478 g/mol. The van der Waals surface area contributed by atoms with Crippen molar-refractivity contribution in [2.45, 2.75) is 11.6 Å². The lowest BCUT2D eigenvalue weighted by atomic mass is 10.2. The molecule has 0 saturated heterocycles. The number of hydrogen-bond acceptors (Lipinski definition) is 8. The van der Waals surface area contributed by atoms with E-state index in [1.165, 1.54) is 18.7 Å². The summed E-state index contributed by atoms with van der Waals surface area (Å²) in [4.78, 5) is 46.9. The molecule has 0 amide bonds. The van der Waals surface area contributed by atoms with Gasteiger partial charge in [0, 0.05) is 19.7 Å². The molecule has 4 rings (SSSR count). The number of fused-ring (bicyclic) bond motifs is 1. The third-order valence-corrected chi connectivity index (χ3v) is 6.13. The maximum atomic E-state index is 12.9. The molecule has 0 spiro atoms. The summed E-state index contributed by atoms with van der Waals surface area (Å²) in [5.74, 6) is 0.473. The number of aryl methyl sites for hydroxylation is 1. The van der Waals surface area contributed by atoms with E-state index in [4.69, 9.17) is 9.47 Å². The maximum absolute atomic E-state index is 12.9. The smallest absolute Gasteiger partial charge is 0.332 e. The van der Waals surface area contributed by atoms with Crippen LogP contribution in [0.25, 0.3) is 22.4 Å². The standard InChI is InChI=1S/C24H22N4O5S/c1-27-21-19(23(30)28(2)24(27)31)22(26-20(25-21)16-9-11-17(32-3)12-10-16)34-14-18(29)33-13-15-7-5-4-6-8-15/h4-12H,13-14H2,1-3H3. The molecule has 0 unspecified atom stereocenters. The van der Waals surface area contributed by atoms with E-state index in [2.05, 4.69) is 9.97 Å². The van der Waals surface area contributed by atoms with E-state index in [9.17, 15) is 14.4 Å². The molecule has 0 radical (unpaired) electrons. The number of benzene rings is 2. The minimum absolute atomic E-state index is 0.0625. The second kappa shape index (κ2) is 9.92. The summed E-state index contributed by atoms with van der Waals surface area (Å²) in [5.41, 5.74) is 0.701. The zero-order valence-corrected chi connectivity index (χ0v) is 19.7. The number of carbonyl (C=O) groups is 1. The Kier molecular flexibility index (Phi) is 6.78. The first kappa shape index (κ1) is 23.2. The maximum Gasteiger partial charge on any atom is 0.332 e. The molecule has 0 aliphatic carbocycles. The SMILES string of the molecule is COc1ccc(-c2nc(SCC(=O)OCc3ccccc3)c3c(=O)n(C)c(=O)n(C)c3n2)cc1. The molecule has 9 nitrogen and oxygen atoms in total. The Morgan fingerprint density at radius 2 is 1.68 bits per heavy atom. The summed E-state index contributed by atoms with van der Waals surface area (Å²) >= 11 is 1.07. The second-order valence-electron chi connectivity index (χ2n) is 7.42. The highest BCUT2D eigenvalue weighted by Crippen LogP contribution is 2.27. The van der Waals surface area contributed by atoms with Crippen LogP contribution in [-0.2, 0) is 30.2 Å². The van der Waals surface area contributed by atoms with Gasteiger partial charge in [-0.05, 0) is 29.8 Å². The number of carbonyl (C=O) groups excluding carboxylic acids is 1. The Labute approximate surface area is 199 Å². The molecule has 4 aromatic rings. The number of thioether (sulfide) groups is 1. The van der Waals surface area contributed by atoms with Gasteiger partial charge in [0.15, 0.2) is 11.5 Å². The Balaban J connectivity index is 1.70. The first-order valence-electron chi connectivity index (χ1n) is 10.3. The van der Waals surface area contributed by atoms with E-state index >= 15 is 0 Å². The predicted molar refractivity (Wildman–Crippen MR) is 129 cm³/mol. The molecule has 0 N–H and O–H groups in total. The molecular weight excluding hydrogens is 456 g/mol. The van der Waals surface area contributed by atoms with Gasteiger partial charge in [-0.2, -0.15) is 0 Å². The van der Waals surface area contributed by atoms with Crippen LogP contribution in [0.3, 0.4) is 0 Å². The van der Waals surface area contributed by atoms with Crippen LogP contribution in [0.2, 0.25) is 0 Å². The first-order valence-corrected chi connectivity index (χ1v) is 11.3. The Morgan fingerprint density at radius 1 is 0.971 bits per heavy atom. The van der Waals surface area contributed by atoms with Crippen LogP contribution in [0.15, 0.2) is 69.2 Å². The zero-order valence-electron chi connectivity index (χ0n) is 18.8. The lowest BCUT2D eigenvalue weighted by Gasteiger charge is -2.12. The highest BCUT2D eigenvalue weighted by molar-refractivity contribution is 8.00. The van der Waals surface area contributed by atoms with Crippen LogP contribution >= 0.6 is 11.8 Å². The summed E-state index contributed by atoms with van der Waals surface area (Å²) < 4.78 is 12.8. The van der Waals surface area contributed by atoms with E-state index < -0.39 is 17.2 Å². The number of methoxy groups -OCH3 is 1. The van der Waals surface area contributed by atoms with E-state index in [1.807, 2.05) is 30.3 Å². The van der Waals surface area contributed by atoms with Crippen LogP contribution < -0.4 is 16.0 Å². The highest BCUT2D eigenvalue weighted by atomic mass is 32.2. The summed E-state index contributed by atoms with van der Waals surface area (Å²) in [6, 6.07) is 16.4. The predicted octanol–water partition coefficient (Wildman–Crippen LogP) is 2.54. The molecule has 174 valence electrons. The fourth-order valence-electron chi connectivity index (χ4n) is 3.31. The van der Waals surface area contributed by atoms with Gasteiger partial charge in [-0.1, -0.05) is 42.1 Å². The van der Waals surface area contributed by atoms with Gasteiger partial charge in [-0.3, -0.25) is 18.7 Å². The molecule has 2 heterocycles. The van der Waals surface area contributed by atoms with Crippen LogP contribution in [0, 0.1) is 0 Å². The zero-order chi connectivity index (χ0) is 24.2. The van der Waals surface area contributed by atoms with Crippen molar-refractivity contribution in [1.82, 2.24) is 19.1 Å². The molecule has 0 saturated carbocycles. The number of ether oxygens (including phenoxy) is 2. The largest absolute Gasteiger partial charge is 0.497 e. The molecule has 0 bridgehead atoms. The van der Waals surface area contributed by atoms with Crippen molar-refractivity contribution in [2.24, 2.45) is 14.1 Å². The number of nitrogens with zero attached hydrogens (tertiary/aromatic N) is 4. The van der Waals surface area contributed by atoms with Gasteiger partial charge in [0.2, 0.25) is 0 Å². The Hall–Kier alpha value is -3.92. The molecule has 34 heavy (non-hydrogen) atoms. The lowest BCUT2D eigenvalue weighted by Crippen LogP contribution is -2.37. The van der Waals surface area contributed by atoms with E-state index in [1.54, 1.807) is 31.4 Å². The second-order valence-corrected chi connectivity index (χ2v) is 8.38. The van der Waals surface area contributed by atoms with Crippen molar-refractivity contribution in [1.29, 1.82) is 0 Å². The van der Waals surface area contributed by atoms with Crippen molar-refractivity contribution < 1.29 is 14.3 Å². The molecule has 0 atom stereocenters. The quantitative estimate of drug-likeness (QED) is 0.227. The van der Waals surface area contributed by atoms with Crippen molar-refractivity contribution in [2.75, 3.05) is 12.9 Å². The number of aromatic nitrogens is 4. The molecule has 0 fully saturated rings. The van der Waals surface area contributed by atoms with Crippen LogP contribution in [-0.4, -0.2) is 37.9 Å². The van der Waals surface area contributed by atoms with Crippen LogP contribution in [0.4, 0.5) is 0 Å². The third-order valence-electron chi connectivity index (χ3n) is 5.18.